The highest BCUT2D eigenvalue weighted by Gasteiger charge is 2.35. The van der Waals surface area contributed by atoms with Gasteiger partial charge in [-0.25, -0.2) is 0 Å². The van der Waals surface area contributed by atoms with Crippen LogP contribution >= 0.6 is 10.7 Å². The molecule has 1 amide bonds. The van der Waals surface area contributed by atoms with E-state index in [9.17, 15) is 4.79 Å². The summed E-state index contributed by atoms with van der Waals surface area (Å²) in [7, 11) is -0.0815. The average molecular weight is 306 g/mol. The van der Waals surface area contributed by atoms with E-state index in [2.05, 4.69) is 47.9 Å². The summed E-state index contributed by atoms with van der Waals surface area (Å²) in [6.07, 6.45) is 2.14. The van der Waals surface area contributed by atoms with Gasteiger partial charge in [-0.15, -0.1) is 10.7 Å². The summed E-state index contributed by atoms with van der Waals surface area (Å²) in [5.74, 6) is 0.159. The molecule has 1 heterocycles. The molecular weight excluding hydrogens is 280 g/mol. The molecule has 1 saturated heterocycles. The number of rotatable bonds is 6. The molecule has 21 heavy (non-hydrogen) atoms. The normalized spacial score (nSPS) is 17.3. The van der Waals surface area contributed by atoms with E-state index >= 15 is 0 Å². The van der Waals surface area contributed by atoms with E-state index in [1.165, 1.54) is 12.0 Å². The summed E-state index contributed by atoms with van der Waals surface area (Å²) in [6, 6.07) is 10.3. The topological polar surface area (TPSA) is 32.3 Å². The van der Waals surface area contributed by atoms with E-state index in [0.717, 1.165) is 19.5 Å². The van der Waals surface area contributed by atoms with Crippen molar-refractivity contribution in [3.05, 3.63) is 35.9 Å². The van der Waals surface area contributed by atoms with Gasteiger partial charge in [-0.05, 0) is 44.5 Å². The summed E-state index contributed by atoms with van der Waals surface area (Å²) < 4.78 is 2.06. The molecule has 1 aliphatic heterocycles. The van der Waals surface area contributed by atoms with Crippen LogP contribution in [0.1, 0.15) is 32.8 Å². The fourth-order valence-corrected chi connectivity index (χ4v) is 4.97. The minimum atomic E-state index is -0.355. The molecule has 0 aromatic heterocycles. The minimum Gasteiger partial charge on any atom is -0.355 e. The summed E-state index contributed by atoms with van der Waals surface area (Å²) in [6.45, 7) is 9.13. The number of carbonyl (C=O) groups excluding carboxylic acids is 1. The lowest BCUT2D eigenvalue weighted by Crippen LogP contribution is -2.47. The molecule has 4 heteroatoms. The van der Waals surface area contributed by atoms with E-state index < -0.39 is 0 Å². The monoisotopic (exact) mass is 306 g/mol. The summed E-state index contributed by atoms with van der Waals surface area (Å²) in [5, 5.41) is 5.30. The van der Waals surface area contributed by atoms with Gasteiger partial charge in [-0.2, -0.15) is 0 Å². The maximum Gasteiger partial charge on any atom is 0.236 e. The van der Waals surface area contributed by atoms with Gasteiger partial charge in [-0.3, -0.25) is 9.10 Å². The number of benzene rings is 1. The molecule has 1 aliphatic rings. The van der Waals surface area contributed by atoms with Crippen molar-refractivity contribution >= 4 is 21.9 Å². The first-order chi connectivity index (χ1) is 10.1. The number of nitrogens with zero attached hydrogens (tertiary/aromatic N) is 1. The van der Waals surface area contributed by atoms with Crippen LogP contribution in [0.2, 0.25) is 0 Å². The lowest BCUT2D eigenvalue weighted by molar-refractivity contribution is -0.122. The first-order valence-electron chi connectivity index (χ1n) is 7.65. The number of nitrogens with one attached hydrogen (secondary N) is 1. The predicted octanol–water partition coefficient (Wildman–Crippen LogP) is 2.84. The average Bonchev–Trinajstić information content (AvgIpc) is 2.43. The van der Waals surface area contributed by atoms with Gasteiger partial charge >= 0.3 is 0 Å². The first-order valence-corrected chi connectivity index (χ1v) is 8.90. The quantitative estimate of drug-likeness (QED) is 0.820. The van der Waals surface area contributed by atoms with Crippen molar-refractivity contribution in [2.75, 3.05) is 19.6 Å². The van der Waals surface area contributed by atoms with Gasteiger partial charge in [0.15, 0.2) is 0 Å². The Bertz CT molecular complexity index is 507. The molecule has 0 aliphatic carbocycles. The van der Waals surface area contributed by atoms with Crippen LogP contribution in [0.5, 0.6) is 0 Å². The van der Waals surface area contributed by atoms with Crippen LogP contribution in [0.3, 0.4) is 0 Å². The second-order valence-electron chi connectivity index (χ2n) is 5.83. The van der Waals surface area contributed by atoms with Crippen LogP contribution in [0.15, 0.2) is 30.3 Å². The van der Waals surface area contributed by atoms with Gasteiger partial charge in [0.05, 0.1) is 4.75 Å². The molecule has 1 aromatic carbocycles. The van der Waals surface area contributed by atoms with Gasteiger partial charge in [0.25, 0.3) is 0 Å². The van der Waals surface area contributed by atoms with Gasteiger partial charge < -0.3 is 5.32 Å². The van der Waals surface area contributed by atoms with Crippen molar-refractivity contribution in [2.45, 2.75) is 38.4 Å². The largest absolute Gasteiger partial charge is 0.355 e. The van der Waals surface area contributed by atoms with Crippen molar-refractivity contribution in [1.82, 2.24) is 9.62 Å². The highest BCUT2D eigenvalue weighted by atomic mass is 32.2. The molecule has 1 unspecified atom stereocenters. The highest BCUT2D eigenvalue weighted by Crippen LogP contribution is 2.38. The Morgan fingerprint density at radius 3 is 2.52 bits per heavy atom. The van der Waals surface area contributed by atoms with Crippen molar-refractivity contribution in [1.29, 1.82) is 0 Å². The highest BCUT2D eigenvalue weighted by molar-refractivity contribution is 8.14. The Morgan fingerprint density at radius 1 is 1.33 bits per heavy atom. The standard InChI is InChI=1S/C17H26N2OS/c1-4-21(19-13-8-14-19)17(2,3)16(20)18-12-11-15-9-6-5-7-10-15/h4-7,9-10H,8,11-14H2,1-3H3,(H,18,20). The maximum atomic E-state index is 12.5. The van der Waals surface area contributed by atoms with E-state index in [1.807, 2.05) is 18.2 Å². The van der Waals surface area contributed by atoms with Crippen molar-refractivity contribution in [3.8, 4) is 0 Å². The second-order valence-corrected chi connectivity index (χ2v) is 8.47. The molecule has 0 radical (unpaired) electrons. The zero-order valence-electron chi connectivity index (χ0n) is 13.3. The Kier molecular flexibility index (Phi) is 5.59. The lowest BCUT2D eigenvalue weighted by atomic mass is 10.1. The predicted molar refractivity (Wildman–Crippen MR) is 92.8 cm³/mol. The summed E-state index contributed by atoms with van der Waals surface area (Å²) >= 11 is 0. The number of amides is 1. The Morgan fingerprint density at radius 2 is 2.00 bits per heavy atom. The number of hydrogen-bond donors (Lipinski definition) is 1. The third-order valence-corrected chi connectivity index (χ3v) is 6.53. The van der Waals surface area contributed by atoms with E-state index in [0.29, 0.717) is 6.54 Å². The molecule has 3 nitrogen and oxygen atoms in total. The second kappa shape index (κ2) is 7.23. The molecule has 1 atom stereocenters. The van der Waals surface area contributed by atoms with Crippen molar-refractivity contribution in [2.24, 2.45) is 0 Å². The number of hydrogen-bond acceptors (Lipinski definition) is 2. The summed E-state index contributed by atoms with van der Waals surface area (Å²) in [5.41, 5.74) is 1.26. The van der Waals surface area contributed by atoms with Crippen LogP contribution in [-0.4, -0.2) is 40.0 Å². The molecule has 1 N–H and O–H groups in total. The molecule has 0 saturated carbocycles. The summed E-state index contributed by atoms with van der Waals surface area (Å²) in [4.78, 5) is 12.5. The van der Waals surface area contributed by atoms with Crippen LogP contribution < -0.4 is 5.32 Å². The number of carbonyl (C=O) groups is 1. The molecule has 0 spiro atoms. The van der Waals surface area contributed by atoms with E-state index in [1.54, 1.807) is 0 Å². The van der Waals surface area contributed by atoms with Gasteiger partial charge in [0.2, 0.25) is 5.91 Å². The zero-order valence-corrected chi connectivity index (χ0v) is 14.1. The van der Waals surface area contributed by atoms with Gasteiger partial charge in [-0.1, -0.05) is 30.3 Å². The molecule has 0 bridgehead atoms. The Balaban J connectivity index is 1.89. The molecule has 1 aromatic rings. The van der Waals surface area contributed by atoms with E-state index in [4.69, 9.17) is 0 Å². The third kappa shape index (κ3) is 3.95. The van der Waals surface area contributed by atoms with Crippen LogP contribution in [0.25, 0.3) is 0 Å². The smallest absolute Gasteiger partial charge is 0.236 e. The Hall–Kier alpha value is -1.13. The van der Waals surface area contributed by atoms with E-state index in [-0.39, 0.29) is 21.3 Å². The molecular formula is C17H26N2OS. The van der Waals surface area contributed by atoms with Crippen LogP contribution in [0, 0.1) is 0 Å². The fourth-order valence-electron chi connectivity index (χ4n) is 2.52. The third-order valence-electron chi connectivity index (χ3n) is 3.93. The zero-order chi connectivity index (χ0) is 15.3. The fraction of sp³-hybridized carbons (Fsp3) is 0.529. The van der Waals surface area contributed by atoms with Gasteiger partial charge in [0.1, 0.15) is 0 Å². The SMILES string of the molecule is C/C=S(/N1CCC1)C(C)(C)C(=O)NCCc1ccccc1. The molecule has 1 fully saturated rings. The molecule has 2 rings (SSSR count). The van der Waals surface area contributed by atoms with Crippen molar-refractivity contribution in [3.63, 3.8) is 0 Å². The van der Waals surface area contributed by atoms with Crippen LogP contribution in [0.4, 0.5) is 0 Å². The maximum absolute atomic E-state index is 12.5. The lowest BCUT2D eigenvalue weighted by Gasteiger charge is -2.41. The van der Waals surface area contributed by atoms with Crippen LogP contribution in [-0.2, 0) is 11.2 Å². The Labute approximate surface area is 130 Å². The van der Waals surface area contributed by atoms with Gasteiger partial charge in [0, 0.05) is 19.6 Å². The minimum absolute atomic E-state index is 0.0815. The van der Waals surface area contributed by atoms with Crippen molar-refractivity contribution < 1.29 is 4.79 Å². The molecule has 116 valence electrons. The first kappa shape index (κ1) is 16.2.